The summed E-state index contributed by atoms with van der Waals surface area (Å²) in [5, 5.41) is 1.12. The third-order valence-electron chi connectivity index (χ3n) is 7.00. The van der Waals surface area contributed by atoms with Gasteiger partial charge in [0.25, 0.3) is 5.56 Å². The number of thioether (sulfide) groups is 1. The van der Waals surface area contributed by atoms with Gasteiger partial charge in [0.05, 0.1) is 16.7 Å². The second kappa shape index (κ2) is 10.0. The van der Waals surface area contributed by atoms with Gasteiger partial charge in [-0.15, -0.1) is 0 Å². The molecule has 1 aliphatic carbocycles. The molecule has 1 saturated heterocycles. The molecule has 5 rings (SSSR count). The number of hydrogen-bond donors (Lipinski definition) is 0. The van der Waals surface area contributed by atoms with Crippen molar-refractivity contribution in [3.63, 3.8) is 0 Å². The molecule has 0 radical (unpaired) electrons. The van der Waals surface area contributed by atoms with Crippen LogP contribution in [0.5, 0.6) is 11.5 Å². The Morgan fingerprint density at radius 3 is 2.65 bits per heavy atom. The number of piperidine rings is 1. The van der Waals surface area contributed by atoms with Gasteiger partial charge in [0.2, 0.25) is 12.7 Å². The lowest BCUT2D eigenvalue weighted by Crippen LogP contribution is -2.43. The van der Waals surface area contributed by atoms with E-state index in [0.717, 1.165) is 38.8 Å². The maximum atomic E-state index is 13.6. The van der Waals surface area contributed by atoms with Crippen molar-refractivity contribution in [2.45, 2.75) is 64.1 Å². The largest absolute Gasteiger partial charge is 0.454 e. The van der Waals surface area contributed by atoms with Crippen LogP contribution in [-0.2, 0) is 11.3 Å². The molecule has 0 unspecified atom stereocenters. The fourth-order valence-corrected chi connectivity index (χ4v) is 6.30. The molecule has 1 aromatic heterocycles. The summed E-state index contributed by atoms with van der Waals surface area (Å²) >= 11 is 1.37. The van der Waals surface area contributed by atoms with Crippen molar-refractivity contribution in [3.8, 4) is 11.5 Å². The van der Waals surface area contributed by atoms with Gasteiger partial charge < -0.3 is 14.4 Å². The van der Waals surface area contributed by atoms with Gasteiger partial charge in [0.1, 0.15) is 0 Å². The lowest BCUT2D eigenvalue weighted by Gasteiger charge is -2.35. The van der Waals surface area contributed by atoms with Gasteiger partial charge in [-0.2, -0.15) is 0 Å². The fraction of sp³-hybridized carbons (Fsp3) is 0.577. The number of amides is 1. The van der Waals surface area contributed by atoms with Crippen LogP contribution in [0.25, 0.3) is 10.9 Å². The topological polar surface area (TPSA) is 73.7 Å². The summed E-state index contributed by atoms with van der Waals surface area (Å²) in [6.07, 6.45) is 8.98. The normalized spacial score (nSPS) is 22.2. The maximum absolute atomic E-state index is 13.6. The van der Waals surface area contributed by atoms with Crippen LogP contribution in [0.15, 0.2) is 33.7 Å². The number of rotatable bonds is 6. The van der Waals surface area contributed by atoms with Crippen molar-refractivity contribution in [1.29, 1.82) is 0 Å². The number of allylic oxidation sites excluding steroid dienone is 2. The minimum Gasteiger partial charge on any atom is -0.454 e. The summed E-state index contributed by atoms with van der Waals surface area (Å²) in [5.74, 6) is 2.62. The highest BCUT2D eigenvalue weighted by Crippen LogP contribution is 2.35. The summed E-state index contributed by atoms with van der Waals surface area (Å²) in [6, 6.07) is 3.51. The summed E-state index contributed by atoms with van der Waals surface area (Å²) < 4.78 is 12.7. The monoisotopic (exact) mass is 483 g/mol. The van der Waals surface area contributed by atoms with E-state index in [0.29, 0.717) is 45.9 Å². The molecule has 2 atom stereocenters. The molecule has 0 N–H and O–H groups in total. The Bertz CT molecular complexity index is 1160. The van der Waals surface area contributed by atoms with Crippen LogP contribution in [0.1, 0.15) is 52.4 Å². The predicted octanol–water partition coefficient (Wildman–Crippen LogP) is 4.61. The quantitative estimate of drug-likeness (QED) is 0.339. The number of likely N-dealkylation sites (tertiary alicyclic amines) is 1. The molecule has 2 aromatic rings. The average molecular weight is 484 g/mol. The minimum absolute atomic E-state index is 0.0881. The zero-order chi connectivity index (χ0) is 23.7. The van der Waals surface area contributed by atoms with Crippen molar-refractivity contribution in [1.82, 2.24) is 14.5 Å². The van der Waals surface area contributed by atoms with Crippen LogP contribution >= 0.6 is 11.8 Å². The SMILES string of the molecule is C[C@H]1C[C@H](C)CN(C(=O)CSc2nc3cc4c(cc3c(=O)n2CCC2=CCCCC2)OCO4)C1. The zero-order valence-corrected chi connectivity index (χ0v) is 20.9. The first-order chi connectivity index (χ1) is 16.5. The first-order valence-corrected chi connectivity index (χ1v) is 13.4. The Hall–Kier alpha value is -2.48. The first-order valence-electron chi connectivity index (χ1n) is 12.4. The third-order valence-corrected chi connectivity index (χ3v) is 7.96. The van der Waals surface area contributed by atoms with E-state index in [4.69, 9.17) is 14.5 Å². The Balaban J connectivity index is 1.42. The van der Waals surface area contributed by atoms with E-state index < -0.39 is 0 Å². The number of ether oxygens (including phenoxy) is 2. The Morgan fingerprint density at radius 2 is 1.91 bits per heavy atom. The molecule has 3 aliphatic rings. The van der Waals surface area contributed by atoms with E-state index >= 15 is 0 Å². The van der Waals surface area contributed by atoms with Gasteiger partial charge in [0.15, 0.2) is 16.7 Å². The zero-order valence-electron chi connectivity index (χ0n) is 20.0. The molecule has 8 heteroatoms. The molecule has 182 valence electrons. The molecule has 2 aliphatic heterocycles. The Labute approximate surface area is 204 Å². The summed E-state index contributed by atoms with van der Waals surface area (Å²) in [4.78, 5) is 33.4. The van der Waals surface area contributed by atoms with Crippen molar-refractivity contribution in [3.05, 3.63) is 34.1 Å². The molecule has 1 amide bonds. The van der Waals surface area contributed by atoms with E-state index in [1.54, 1.807) is 16.7 Å². The Morgan fingerprint density at radius 1 is 1.15 bits per heavy atom. The van der Waals surface area contributed by atoms with Gasteiger partial charge in [-0.1, -0.05) is 37.3 Å². The van der Waals surface area contributed by atoms with E-state index in [1.807, 2.05) is 4.90 Å². The van der Waals surface area contributed by atoms with E-state index in [9.17, 15) is 9.59 Å². The lowest BCUT2D eigenvalue weighted by molar-refractivity contribution is -0.130. The average Bonchev–Trinajstić information content (AvgIpc) is 3.28. The standard InChI is InChI=1S/C26H33N3O4S/c1-17-10-18(2)14-28(13-17)24(30)15-34-26-27-21-12-23-22(32-16-33-23)11-20(21)25(31)29(26)9-8-19-6-4-3-5-7-19/h6,11-12,17-18H,3-5,7-10,13-16H2,1-2H3/t17-,18-/m0/s1. The van der Waals surface area contributed by atoms with Gasteiger partial charge in [-0.05, 0) is 56.4 Å². The molecule has 1 fully saturated rings. The smallest absolute Gasteiger partial charge is 0.262 e. The van der Waals surface area contributed by atoms with Crippen molar-refractivity contribution >= 4 is 28.6 Å². The number of carbonyl (C=O) groups is 1. The van der Waals surface area contributed by atoms with Crippen molar-refractivity contribution in [2.75, 3.05) is 25.6 Å². The van der Waals surface area contributed by atoms with E-state index in [1.165, 1.54) is 30.2 Å². The van der Waals surface area contributed by atoms with E-state index in [2.05, 4.69) is 19.9 Å². The van der Waals surface area contributed by atoms with Crippen LogP contribution in [0, 0.1) is 11.8 Å². The highest BCUT2D eigenvalue weighted by Gasteiger charge is 2.26. The third kappa shape index (κ3) is 4.97. The number of carbonyl (C=O) groups excluding carboxylic acids is 1. The number of aromatic nitrogens is 2. The highest BCUT2D eigenvalue weighted by molar-refractivity contribution is 7.99. The number of hydrogen-bond acceptors (Lipinski definition) is 6. The highest BCUT2D eigenvalue weighted by atomic mass is 32.2. The molecular formula is C26H33N3O4S. The Kier molecular flexibility index (Phi) is 6.86. The van der Waals surface area contributed by atoms with Gasteiger partial charge in [-0.3, -0.25) is 14.2 Å². The molecule has 34 heavy (non-hydrogen) atoms. The minimum atomic E-state index is -0.0881. The second-order valence-electron chi connectivity index (χ2n) is 9.97. The summed E-state index contributed by atoms with van der Waals surface area (Å²) in [6.45, 7) is 6.73. The molecule has 0 saturated carbocycles. The second-order valence-corrected chi connectivity index (χ2v) is 10.9. The molecule has 0 bridgehead atoms. The van der Waals surface area contributed by atoms with Gasteiger partial charge >= 0.3 is 0 Å². The fourth-order valence-electron chi connectivity index (χ4n) is 5.37. The van der Waals surface area contributed by atoms with Crippen LogP contribution in [0.4, 0.5) is 0 Å². The molecule has 0 spiro atoms. The van der Waals surface area contributed by atoms with Gasteiger partial charge in [-0.25, -0.2) is 4.98 Å². The number of fused-ring (bicyclic) bond motifs is 2. The van der Waals surface area contributed by atoms with Crippen LogP contribution in [0.3, 0.4) is 0 Å². The molecule has 1 aromatic carbocycles. The maximum Gasteiger partial charge on any atom is 0.262 e. The lowest BCUT2D eigenvalue weighted by atomic mass is 9.92. The van der Waals surface area contributed by atoms with Crippen molar-refractivity contribution < 1.29 is 14.3 Å². The van der Waals surface area contributed by atoms with Crippen LogP contribution < -0.4 is 15.0 Å². The predicted molar refractivity (Wildman–Crippen MR) is 134 cm³/mol. The van der Waals surface area contributed by atoms with Crippen LogP contribution in [0.2, 0.25) is 0 Å². The molecule has 7 nitrogen and oxygen atoms in total. The summed E-state index contributed by atoms with van der Waals surface area (Å²) in [7, 11) is 0. The van der Waals surface area contributed by atoms with E-state index in [-0.39, 0.29) is 24.0 Å². The number of nitrogens with zero attached hydrogens (tertiary/aromatic N) is 3. The molecular weight excluding hydrogens is 450 g/mol. The van der Waals surface area contributed by atoms with Crippen LogP contribution in [-0.4, -0.2) is 46.0 Å². The molecule has 3 heterocycles. The number of benzene rings is 1. The van der Waals surface area contributed by atoms with Gasteiger partial charge in [0, 0.05) is 25.7 Å². The first kappa shape index (κ1) is 23.3. The summed E-state index contributed by atoms with van der Waals surface area (Å²) in [5.41, 5.74) is 1.90. The van der Waals surface area contributed by atoms with Crippen molar-refractivity contribution in [2.24, 2.45) is 11.8 Å².